The normalized spacial score (nSPS) is 15.9. The molecule has 1 aliphatic carbocycles. The average molecular weight is 323 g/mol. The SMILES string of the molecule is Cc1ccsc1CNCCSc1nnnn1C1CCCC1. The molecule has 7 heteroatoms. The summed E-state index contributed by atoms with van der Waals surface area (Å²) in [5, 5.41) is 18.8. The largest absolute Gasteiger partial charge is 0.311 e. The number of nitrogens with one attached hydrogen (secondary N) is 1. The Bertz CT molecular complexity index is 559. The van der Waals surface area contributed by atoms with Gasteiger partial charge in [0.05, 0.1) is 6.04 Å². The van der Waals surface area contributed by atoms with Crippen molar-refractivity contribution in [2.45, 2.75) is 50.4 Å². The zero-order valence-corrected chi connectivity index (χ0v) is 13.9. The highest BCUT2D eigenvalue weighted by Crippen LogP contribution is 2.31. The first-order chi connectivity index (χ1) is 10.3. The monoisotopic (exact) mass is 323 g/mol. The van der Waals surface area contributed by atoms with Crippen LogP contribution < -0.4 is 5.32 Å². The van der Waals surface area contributed by atoms with Crippen LogP contribution in [0.4, 0.5) is 0 Å². The van der Waals surface area contributed by atoms with E-state index in [4.69, 9.17) is 0 Å². The third kappa shape index (κ3) is 3.84. The molecule has 2 aromatic rings. The van der Waals surface area contributed by atoms with E-state index in [1.54, 1.807) is 11.8 Å². The smallest absolute Gasteiger partial charge is 0.209 e. The molecule has 5 nitrogen and oxygen atoms in total. The molecular weight excluding hydrogens is 302 g/mol. The van der Waals surface area contributed by atoms with Crippen LogP contribution >= 0.6 is 23.1 Å². The molecule has 2 heterocycles. The lowest BCUT2D eigenvalue weighted by atomic mass is 10.3. The van der Waals surface area contributed by atoms with Crippen LogP contribution in [0.1, 0.15) is 42.2 Å². The summed E-state index contributed by atoms with van der Waals surface area (Å²) in [6.45, 7) is 4.09. The Balaban J connectivity index is 1.41. The predicted octanol–water partition coefficient (Wildman–Crippen LogP) is 3.04. The molecule has 3 rings (SSSR count). The van der Waals surface area contributed by atoms with Gasteiger partial charge < -0.3 is 5.32 Å². The van der Waals surface area contributed by atoms with Gasteiger partial charge in [-0.25, -0.2) is 4.68 Å². The Kier molecular flexibility index (Phi) is 5.27. The van der Waals surface area contributed by atoms with Crippen molar-refractivity contribution < 1.29 is 0 Å². The lowest BCUT2D eigenvalue weighted by molar-refractivity contribution is 0.423. The average Bonchev–Trinajstić information content (AvgIpc) is 3.19. The van der Waals surface area contributed by atoms with Crippen molar-refractivity contribution in [2.75, 3.05) is 12.3 Å². The van der Waals surface area contributed by atoms with Gasteiger partial charge in [-0.15, -0.1) is 16.4 Å². The number of thiophene rings is 1. The lowest BCUT2D eigenvalue weighted by Gasteiger charge is -2.10. The summed E-state index contributed by atoms with van der Waals surface area (Å²) in [5.41, 5.74) is 1.38. The van der Waals surface area contributed by atoms with Crippen LogP contribution in [-0.4, -0.2) is 32.5 Å². The van der Waals surface area contributed by atoms with Crippen LogP contribution in [-0.2, 0) is 6.54 Å². The van der Waals surface area contributed by atoms with Crippen LogP contribution in [0.2, 0.25) is 0 Å². The minimum absolute atomic E-state index is 0.518. The number of hydrogen-bond acceptors (Lipinski definition) is 6. The molecule has 0 bridgehead atoms. The Morgan fingerprint density at radius 3 is 3.05 bits per heavy atom. The summed E-state index contributed by atoms with van der Waals surface area (Å²) >= 11 is 3.57. The quantitative estimate of drug-likeness (QED) is 0.627. The van der Waals surface area contributed by atoms with Gasteiger partial charge in [0.2, 0.25) is 5.16 Å². The van der Waals surface area contributed by atoms with Crippen molar-refractivity contribution in [3.8, 4) is 0 Å². The first-order valence-electron chi connectivity index (χ1n) is 7.49. The van der Waals surface area contributed by atoms with Crippen molar-refractivity contribution in [2.24, 2.45) is 0 Å². The number of nitrogens with zero attached hydrogens (tertiary/aromatic N) is 4. The van der Waals surface area contributed by atoms with Gasteiger partial charge in [-0.05, 0) is 47.2 Å². The molecule has 0 saturated heterocycles. The van der Waals surface area contributed by atoms with Gasteiger partial charge in [0.25, 0.3) is 0 Å². The highest BCUT2D eigenvalue weighted by atomic mass is 32.2. The summed E-state index contributed by atoms with van der Waals surface area (Å²) in [5.74, 6) is 0.998. The summed E-state index contributed by atoms with van der Waals surface area (Å²) in [6, 6.07) is 2.69. The van der Waals surface area contributed by atoms with E-state index in [9.17, 15) is 0 Å². The van der Waals surface area contributed by atoms with Crippen molar-refractivity contribution in [3.63, 3.8) is 0 Å². The zero-order chi connectivity index (χ0) is 14.5. The molecule has 0 aromatic carbocycles. The molecule has 0 aliphatic heterocycles. The fraction of sp³-hybridized carbons (Fsp3) is 0.643. The first kappa shape index (κ1) is 15.0. The molecule has 0 atom stereocenters. The minimum atomic E-state index is 0.518. The second kappa shape index (κ2) is 7.38. The van der Waals surface area contributed by atoms with E-state index in [1.807, 2.05) is 16.0 Å². The molecule has 1 aliphatic rings. The van der Waals surface area contributed by atoms with Gasteiger partial charge in [0, 0.05) is 23.7 Å². The highest BCUT2D eigenvalue weighted by Gasteiger charge is 2.21. The van der Waals surface area contributed by atoms with Gasteiger partial charge >= 0.3 is 0 Å². The summed E-state index contributed by atoms with van der Waals surface area (Å²) in [7, 11) is 0. The number of thioether (sulfide) groups is 1. The molecule has 1 saturated carbocycles. The molecular formula is C14H21N5S2. The number of aryl methyl sites for hydroxylation is 1. The summed E-state index contributed by atoms with van der Waals surface area (Å²) < 4.78 is 2.03. The topological polar surface area (TPSA) is 55.6 Å². The van der Waals surface area contributed by atoms with Gasteiger partial charge in [0.15, 0.2) is 0 Å². The Morgan fingerprint density at radius 2 is 2.29 bits per heavy atom. The van der Waals surface area contributed by atoms with E-state index < -0.39 is 0 Å². The molecule has 0 spiro atoms. The lowest BCUT2D eigenvalue weighted by Crippen LogP contribution is -2.17. The molecule has 0 unspecified atom stereocenters. The van der Waals surface area contributed by atoms with Gasteiger partial charge in [-0.3, -0.25) is 0 Å². The number of rotatable bonds is 7. The van der Waals surface area contributed by atoms with Gasteiger partial charge in [-0.2, -0.15) is 0 Å². The van der Waals surface area contributed by atoms with Crippen LogP contribution in [0.5, 0.6) is 0 Å². The zero-order valence-electron chi connectivity index (χ0n) is 12.3. The van der Waals surface area contributed by atoms with E-state index in [1.165, 1.54) is 36.1 Å². The van der Waals surface area contributed by atoms with Gasteiger partial charge in [-0.1, -0.05) is 24.6 Å². The van der Waals surface area contributed by atoms with Crippen LogP contribution in [0, 0.1) is 6.92 Å². The number of tetrazole rings is 1. The molecule has 1 fully saturated rings. The van der Waals surface area contributed by atoms with Gasteiger partial charge in [0.1, 0.15) is 0 Å². The van der Waals surface area contributed by atoms with Crippen LogP contribution in [0.15, 0.2) is 16.6 Å². The van der Waals surface area contributed by atoms with E-state index in [0.29, 0.717) is 6.04 Å². The van der Waals surface area contributed by atoms with E-state index in [2.05, 4.69) is 39.2 Å². The molecule has 21 heavy (non-hydrogen) atoms. The third-order valence-corrected chi connectivity index (χ3v) is 5.86. The minimum Gasteiger partial charge on any atom is -0.311 e. The molecule has 114 valence electrons. The van der Waals surface area contributed by atoms with E-state index in [-0.39, 0.29) is 0 Å². The van der Waals surface area contributed by atoms with E-state index in [0.717, 1.165) is 24.0 Å². The Labute approximate surface area is 133 Å². The Morgan fingerprint density at radius 1 is 1.43 bits per heavy atom. The first-order valence-corrected chi connectivity index (χ1v) is 9.35. The number of hydrogen-bond donors (Lipinski definition) is 1. The molecule has 0 radical (unpaired) electrons. The Hall–Kier alpha value is -0.920. The van der Waals surface area contributed by atoms with Crippen LogP contribution in [0.3, 0.4) is 0 Å². The number of aromatic nitrogens is 4. The standard InChI is InChI=1S/C14H21N5S2/c1-11-6-8-20-13(11)10-15-7-9-21-14-16-17-18-19(14)12-4-2-3-5-12/h6,8,12,15H,2-5,7,9-10H2,1H3. The maximum atomic E-state index is 4.17. The molecule has 0 amide bonds. The van der Waals surface area contributed by atoms with Crippen molar-refractivity contribution >= 4 is 23.1 Å². The second-order valence-electron chi connectivity index (χ2n) is 5.40. The maximum Gasteiger partial charge on any atom is 0.209 e. The summed E-state index contributed by atoms with van der Waals surface area (Å²) in [4.78, 5) is 1.43. The molecule has 2 aromatic heterocycles. The fourth-order valence-electron chi connectivity index (χ4n) is 2.66. The van der Waals surface area contributed by atoms with Crippen molar-refractivity contribution in [3.05, 3.63) is 21.9 Å². The van der Waals surface area contributed by atoms with Crippen LogP contribution in [0.25, 0.3) is 0 Å². The molecule has 1 N–H and O–H groups in total. The second-order valence-corrected chi connectivity index (χ2v) is 7.46. The fourth-order valence-corrected chi connectivity index (χ4v) is 4.38. The highest BCUT2D eigenvalue weighted by molar-refractivity contribution is 7.99. The van der Waals surface area contributed by atoms with E-state index >= 15 is 0 Å². The van der Waals surface area contributed by atoms with Crippen molar-refractivity contribution in [1.82, 2.24) is 25.5 Å². The maximum absolute atomic E-state index is 4.17. The predicted molar refractivity (Wildman–Crippen MR) is 86.8 cm³/mol. The van der Waals surface area contributed by atoms with Crippen molar-refractivity contribution in [1.29, 1.82) is 0 Å². The third-order valence-electron chi connectivity index (χ3n) is 3.90. The summed E-state index contributed by atoms with van der Waals surface area (Å²) in [6.07, 6.45) is 5.04.